The molecule has 0 spiro atoms. The van der Waals surface area contributed by atoms with Crippen LogP contribution in [0, 0.1) is 13.8 Å². The summed E-state index contributed by atoms with van der Waals surface area (Å²) >= 11 is 0. The van der Waals surface area contributed by atoms with Crippen LogP contribution in [0.3, 0.4) is 0 Å². The maximum atomic E-state index is 12.2. The number of carbonyl (C=O) groups is 1. The predicted molar refractivity (Wildman–Crippen MR) is 84.9 cm³/mol. The van der Waals surface area contributed by atoms with E-state index in [1.807, 2.05) is 13.0 Å². The van der Waals surface area contributed by atoms with Crippen molar-refractivity contribution in [3.8, 4) is 5.75 Å². The van der Waals surface area contributed by atoms with Crippen molar-refractivity contribution in [2.75, 3.05) is 0 Å². The van der Waals surface area contributed by atoms with Crippen molar-refractivity contribution >= 4 is 16.8 Å². The summed E-state index contributed by atoms with van der Waals surface area (Å²) in [7, 11) is 0. The first-order chi connectivity index (χ1) is 11.5. The van der Waals surface area contributed by atoms with Gasteiger partial charge in [0.05, 0.1) is 5.39 Å². The molecular formula is C16H16N4O4. The molecule has 0 atom stereocenters. The van der Waals surface area contributed by atoms with E-state index >= 15 is 0 Å². The van der Waals surface area contributed by atoms with Gasteiger partial charge in [0.1, 0.15) is 17.1 Å². The van der Waals surface area contributed by atoms with Crippen molar-refractivity contribution in [3.63, 3.8) is 0 Å². The van der Waals surface area contributed by atoms with E-state index < -0.39 is 5.63 Å². The summed E-state index contributed by atoms with van der Waals surface area (Å²) in [5.41, 5.74) is 1.84. The van der Waals surface area contributed by atoms with Crippen LogP contribution in [0.5, 0.6) is 5.75 Å². The first kappa shape index (κ1) is 15.9. The molecule has 1 N–H and O–H groups in total. The summed E-state index contributed by atoms with van der Waals surface area (Å²) in [4.78, 5) is 23.6. The van der Waals surface area contributed by atoms with Crippen LogP contribution in [0.1, 0.15) is 29.4 Å². The number of rotatable bonds is 5. The zero-order chi connectivity index (χ0) is 17.3. The monoisotopic (exact) mass is 328 g/mol. The summed E-state index contributed by atoms with van der Waals surface area (Å²) in [6, 6.07) is 3.61. The van der Waals surface area contributed by atoms with Gasteiger partial charge in [0.25, 0.3) is 0 Å². The van der Waals surface area contributed by atoms with E-state index in [9.17, 15) is 9.59 Å². The van der Waals surface area contributed by atoms with Crippen LogP contribution < -0.4 is 10.4 Å². The summed E-state index contributed by atoms with van der Waals surface area (Å²) < 4.78 is 11.2. The van der Waals surface area contributed by atoms with Gasteiger partial charge in [0.15, 0.2) is 6.61 Å². The molecule has 1 aromatic carbocycles. The summed E-state index contributed by atoms with van der Waals surface area (Å²) in [6.07, 6.45) is 0.0300. The standard InChI is InChI=1S/C16H16N4O4/c1-8-4-12(23-7-14-17-19-20-18-14)15-10(3)11(6-9(2)21)16(22)24-13(15)5-8/h4-5H,6-7H2,1-3H3,(H,17,18,19,20). The van der Waals surface area contributed by atoms with Crippen LogP contribution in [-0.2, 0) is 17.8 Å². The number of nitrogens with zero attached hydrogens (tertiary/aromatic N) is 3. The van der Waals surface area contributed by atoms with E-state index in [0.717, 1.165) is 5.56 Å². The minimum absolute atomic E-state index is 0.0300. The van der Waals surface area contributed by atoms with Gasteiger partial charge in [0, 0.05) is 12.0 Å². The van der Waals surface area contributed by atoms with Gasteiger partial charge in [-0.2, -0.15) is 5.21 Å². The normalized spacial score (nSPS) is 11.0. The molecule has 0 aliphatic rings. The Kier molecular flexibility index (Phi) is 4.11. The lowest BCUT2D eigenvalue weighted by Gasteiger charge is -2.12. The molecule has 8 nitrogen and oxygen atoms in total. The average Bonchev–Trinajstić information content (AvgIpc) is 3.01. The van der Waals surface area contributed by atoms with E-state index in [2.05, 4.69) is 20.6 Å². The van der Waals surface area contributed by atoms with E-state index in [1.165, 1.54) is 6.92 Å². The second-order valence-corrected chi connectivity index (χ2v) is 5.62. The van der Waals surface area contributed by atoms with Crippen LogP contribution in [0.4, 0.5) is 0 Å². The van der Waals surface area contributed by atoms with Gasteiger partial charge in [-0.3, -0.25) is 4.79 Å². The summed E-state index contributed by atoms with van der Waals surface area (Å²) in [5.74, 6) is 0.843. The predicted octanol–water partition coefficient (Wildman–Crippen LogP) is 1.63. The summed E-state index contributed by atoms with van der Waals surface area (Å²) in [6.45, 7) is 5.22. The smallest absolute Gasteiger partial charge is 0.340 e. The van der Waals surface area contributed by atoms with Gasteiger partial charge in [-0.05, 0) is 44.0 Å². The van der Waals surface area contributed by atoms with Crippen LogP contribution in [0.25, 0.3) is 11.0 Å². The summed E-state index contributed by atoms with van der Waals surface area (Å²) in [5, 5.41) is 14.2. The highest BCUT2D eigenvalue weighted by Gasteiger charge is 2.17. The Morgan fingerprint density at radius 1 is 1.33 bits per heavy atom. The van der Waals surface area contributed by atoms with Crippen molar-refractivity contribution < 1.29 is 13.9 Å². The molecule has 0 aliphatic carbocycles. The average molecular weight is 328 g/mol. The molecule has 124 valence electrons. The lowest BCUT2D eigenvalue weighted by molar-refractivity contribution is -0.116. The van der Waals surface area contributed by atoms with Gasteiger partial charge >= 0.3 is 5.63 Å². The molecule has 0 bridgehead atoms. The molecule has 0 amide bonds. The Hall–Kier alpha value is -3.03. The zero-order valence-corrected chi connectivity index (χ0v) is 13.5. The number of ketones is 1. The minimum Gasteiger partial charge on any atom is -0.485 e. The van der Waals surface area contributed by atoms with Crippen molar-refractivity contribution in [1.29, 1.82) is 0 Å². The highest BCUT2D eigenvalue weighted by molar-refractivity contribution is 5.89. The molecule has 8 heteroatoms. The van der Waals surface area contributed by atoms with Crippen molar-refractivity contribution in [2.45, 2.75) is 33.8 Å². The fraction of sp³-hybridized carbons (Fsp3) is 0.312. The highest BCUT2D eigenvalue weighted by Crippen LogP contribution is 2.31. The molecule has 2 aromatic heterocycles. The minimum atomic E-state index is -0.495. The zero-order valence-electron chi connectivity index (χ0n) is 13.5. The maximum Gasteiger partial charge on any atom is 0.340 e. The van der Waals surface area contributed by atoms with Crippen molar-refractivity contribution in [3.05, 3.63) is 45.1 Å². The Morgan fingerprint density at radius 3 is 2.79 bits per heavy atom. The number of nitrogens with one attached hydrogen (secondary N) is 1. The third-order valence-corrected chi connectivity index (χ3v) is 3.66. The van der Waals surface area contributed by atoms with Gasteiger partial charge in [-0.25, -0.2) is 4.79 Å². The van der Waals surface area contributed by atoms with Gasteiger partial charge in [0.2, 0.25) is 5.82 Å². The third-order valence-electron chi connectivity index (χ3n) is 3.66. The number of benzene rings is 1. The number of tetrazole rings is 1. The first-order valence-electron chi connectivity index (χ1n) is 7.37. The van der Waals surface area contributed by atoms with Crippen molar-refractivity contribution in [2.24, 2.45) is 0 Å². The second-order valence-electron chi connectivity index (χ2n) is 5.62. The molecule has 0 saturated heterocycles. The van der Waals surface area contributed by atoms with Crippen LogP contribution in [0.15, 0.2) is 21.3 Å². The van der Waals surface area contributed by atoms with E-state index in [4.69, 9.17) is 9.15 Å². The van der Waals surface area contributed by atoms with Crippen molar-refractivity contribution in [1.82, 2.24) is 20.6 Å². The fourth-order valence-electron chi connectivity index (χ4n) is 2.59. The molecule has 24 heavy (non-hydrogen) atoms. The molecule has 3 aromatic rings. The second kappa shape index (κ2) is 6.23. The number of H-pyrrole nitrogens is 1. The Morgan fingerprint density at radius 2 is 2.12 bits per heavy atom. The lowest BCUT2D eigenvalue weighted by Crippen LogP contribution is -2.14. The quantitative estimate of drug-likeness (QED) is 0.709. The maximum absolute atomic E-state index is 12.2. The molecule has 0 aliphatic heterocycles. The number of ether oxygens (including phenoxy) is 1. The topological polar surface area (TPSA) is 111 Å². The van der Waals surface area contributed by atoms with Gasteiger partial charge in [-0.15, -0.1) is 10.2 Å². The molecule has 0 saturated carbocycles. The fourth-order valence-corrected chi connectivity index (χ4v) is 2.59. The van der Waals surface area contributed by atoms with E-state index in [0.29, 0.717) is 33.7 Å². The van der Waals surface area contributed by atoms with E-state index in [-0.39, 0.29) is 18.8 Å². The number of aromatic amines is 1. The van der Waals surface area contributed by atoms with Gasteiger partial charge in [-0.1, -0.05) is 5.21 Å². The number of hydrogen-bond acceptors (Lipinski definition) is 7. The number of aryl methyl sites for hydroxylation is 2. The van der Waals surface area contributed by atoms with Crippen LogP contribution in [-0.4, -0.2) is 26.4 Å². The third kappa shape index (κ3) is 3.03. The molecule has 3 rings (SSSR count). The number of hydrogen-bond donors (Lipinski definition) is 1. The molecular weight excluding hydrogens is 312 g/mol. The molecule has 2 heterocycles. The first-order valence-corrected chi connectivity index (χ1v) is 7.37. The van der Waals surface area contributed by atoms with E-state index in [1.54, 1.807) is 13.0 Å². The van der Waals surface area contributed by atoms with Gasteiger partial charge < -0.3 is 9.15 Å². The van der Waals surface area contributed by atoms with Crippen LogP contribution in [0.2, 0.25) is 0 Å². The molecule has 0 radical (unpaired) electrons. The highest BCUT2D eigenvalue weighted by atomic mass is 16.5. The number of aromatic nitrogens is 4. The largest absolute Gasteiger partial charge is 0.485 e. The Balaban J connectivity index is 2.13. The molecule has 0 unspecified atom stereocenters. The number of Topliss-reactive ketones (excluding diaryl/α,β-unsaturated/α-hetero) is 1. The SMILES string of the molecule is CC(=O)Cc1c(C)c2c(OCc3nn[nH]n3)cc(C)cc2oc1=O. The number of fused-ring (bicyclic) bond motifs is 1. The Labute approximate surface area is 136 Å². The van der Waals surface area contributed by atoms with Crippen LogP contribution >= 0.6 is 0 Å². The Bertz CT molecular complexity index is 960. The molecule has 0 fully saturated rings. The number of carbonyl (C=O) groups excluding carboxylic acids is 1. The lowest BCUT2D eigenvalue weighted by atomic mass is 10.0.